The molecule has 2 aliphatic rings. The van der Waals surface area contributed by atoms with E-state index in [1.807, 2.05) is 4.90 Å². The highest BCUT2D eigenvalue weighted by Gasteiger charge is 2.29. The Bertz CT molecular complexity index is 795. The van der Waals surface area contributed by atoms with Gasteiger partial charge in [-0.15, -0.1) is 0 Å². The lowest BCUT2D eigenvalue weighted by Gasteiger charge is -2.34. The van der Waals surface area contributed by atoms with Crippen LogP contribution >= 0.6 is 11.6 Å². The molecule has 3 rings (SSSR count). The predicted octanol–water partition coefficient (Wildman–Crippen LogP) is 3.58. The number of carbonyl (C=O) groups excluding carboxylic acids is 2. The van der Waals surface area contributed by atoms with Crippen molar-refractivity contribution in [1.29, 1.82) is 0 Å². The van der Waals surface area contributed by atoms with E-state index in [2.05, 4.69) is 5.32 Å². The largest absolute Gasteiger partial charge is 0.495 e. The second-order valence-corrected chi connectivity index (χ2v) is 7.69. The van der Waals surface area contributed by atoms with Crippen LogP contribution in [0.2, 0.25) is 5.02 Å². The zero-order chi connectivity index (χ0) is 20.8. The van der Waals surface area contributed by atoms with Crippen molar-refractivity contribution in [1.82, 2.24) is 4.90 Å². The number of allylic oxidation sites excluding steroid dienone is 1. The highest BCUT2D eigenvalue weighted by Crippen LogP contribution is 2.28. The molecule has 158 valence electrons. The first-order chi connectivity index (χ1) is 14.0. The summed E-state index contributed by atoms with van der Waals surface area (Å²) in [7, 11) is 1.54. The Kier molecular flexibility index (Phi) is 7.25. The number of amides is 2. The summed E-state index contributed by atoms with van der Waals surface area (Å²) in [4.78, 5) is 26.9. The van der Waals surface area contributed by atoms with E-state index in [0.717, 1.165) is 19.3 Å². The molecule has 0 aliphatic carbocycles. The molecule has 0 saturated carbocycles. The molecule has 1 aromatic rings. The molecule has 7 nitrogen and oxygen atoms in total. The van der Waals surface area contributed by atoms with Crippen LogP contribution in [0.1, 0.15) is 32.6 Å². The maximum atomic E-state index is 12.7. The van der Waals surface area contributed by atoms with Gasteiger partial charge in [-0.1, -0.05) is 11.6 Å². The monoisotopic (exact) mass is 422 g/mol. The molecular weight excluding hydrogens is 396 g/mol. The van der Waals surface area contributed by atoms with Gasteiger partial charge in [0.05, 0.1) is 12.1 Å². The minimum Gasteiger partial charge on any atom is -0.495 e. The Balaban J connectivity index is 1.49. The van der Waals surface area contributed by atoms with Crippen LogP contribution in [0.25, 0.3) is 0 Å². The van der Waals surface area contributed by atoms with Gasteiger partial charge in [-0.25, -0.2) is 0 Å². The van der Waals surface area contributed by atoms with Crippen LogP contribution in [0.5, 0.6) is 5.75 Å². The van der Waals surface area contributed by atoms with Crippen molar-refractivity contribution in [2.24, 2.45) is 5.92 Å². The van der Waals surface area contributed by atoms with Gasteiger partial charge in [-0.2, -0.15) is 0 Å². The summed E-state index contributed by atoms with van der Waals surface area (Å²) in [6.45, 7) is 3.95. The summed E-state index contributed by atoms with van der Waals surface area (Å²) in [5, 5.41) is 3.31. The number of nitrogens with one attached hydrogen (secondary N) is 1. The van der Waals surface area contributed by atoms with Crippen LogP contribution in [-0.2, 0) is 19.1 Å². The maximum absolute atomic E-state index is 12.7. The van der Waals surface area contributed by atoms with Crippen molar-refractivity contribution in [2.45, 2.75) is 32.6 Å². The fourth-order valence-corrected chi connectivity index (χ4v) is 3.91. The lowest BCUT2D eigenvalue weighted by atomic mass is 9.93. The Morgan fingerprint density at radius 2 is 2.10 bits per heavy atom. The summed E-state index contributed by atoms with van der Waals surface area (Å²) in [6.07, 6.45) is 3.02. The van der Waals surface area contributed by atoms with Gasteiger partial charge in [0.1, 0.15) is 24.7 Å². The lowest BCUT2D eigenvalue weighted by Crippen LogP contribution is -2.42. The van der Waals surface area contributed by atoms with E-state index >= 15 is 0 Å². The number of benzene rings is 1. The molecule has 1 fully saturated rings. The van der Waals surface area contributed by atoms with Crippen molar-refractivity contribution in [2.75, 3.05) is 38.7 Å². The van der Waals surface area contributed by atoms with E-state index in [0.29, 0.717) is 60.7 Å². The van der Waals surface area contributed by atoms with E-state index in [9.17, 15) is 9.59 Å². The standard InChI is InChI=1S/C21H27ClN2O5/c1-14-20(29-11-10-28-14)21(26)24-9-3-4-15(13-24)5-8-19(25)23-16-6-7-18(27-2)17(22)12-16/h6-7,12,15H,3-5,8-11,13H2,1-2H3,(H,23,25). The number of carbonyl (C=O) groups is 2. The van der Waals surface area contributed by atoms with Gasteiger partial charge in [0.2, 0.25) is 11.7 Å². The molecular formula is C21H27ClN2O5. The normalized spacial score (nSPS) is 19.3. The number of nitrogens with zero attached hydrogens (tertiary/aromatic N) is 1. The quantitative estimate of drug-likeness (QED) is 0.758. The number of ether oxygens (including phenoxy) is 3. The highest BCUT2D eigenvalue weighted by atomic mass is 35.5. The number of hydrogen-bond donors (Lipinski definition) is 1. The first-order valence-electron chi connectivity index (χ1n) is 9.87. The highest BCUT2D eigenvalue weighted by molar-refractivity contribution is 6.32. The van der Waals surface area contributed by atoms with Crippen LogP contribution in [0.15, 0.2) is 29.7 Å². The molecule has 1 aromatic carbocycles. The second-order valence-electron chi connectivity index (χ2n) is 7.28. The third-order valence-corrected chi connectivity index (χ3v) is 5.48. The average molecular weight is 423 g/mol. The Hall–Kier alpha value is -2.41. The summed E-state index contributed by atoms with van der Waals surface area (Å²) in [5.74, 6) is 1.51. The number of piperidine rings is 1. The smallest absolute Gasteiger partial charge is 0.292 e. The first kappa shape index (κ1) is 21.3. The second kappa shape index (κ2) is 9.87. The van der Waals surface area contributed by atoms with E-state index in [1.54, 1.807) is 32.2 Å². The number of likely N-dealkylation sites (tertiary alicyclic amines) is 1. The molecule has 1 saturated heterocycles. The molecule has 0 radical (unpaired) electrons. The summed E-state index contributed by atoms with van der Waals surface area (Å²) in [6, 6.07) is 5.14. The summed E-state index contributed by atoms with van der Waals surface area (Å²) in [5.41, 5.74) is 0.637. The Morgan fingerprint density at radius 3 is 2.83 bits per heavy atom. The van der Waals surface area contributed by atoms with Gasteiger partial charge < -0.3 is 24.4 Å². The van der Waals surface area contributed by atoms with E-state index in [1.165, 1.54) is 0 Å². The SMILES string of the molecule is COc1ccc(NC(=O)CCC2CCCN(C(=O)C3=C(C)OCCO3)C2)cc1Cl. The van der Waals surface area contributed by atoms with Gasteiger partial charge in [-0.3, -0.25) is 9.59 Å². The van der Waals surface area contributed by atoms with Crippen molar-refractivity contribution in [3.63, 3.8) is 0 Å². The summed E-state index contributed by atoms with van der Waals surface area (Å²) < 4.78 is 16.1. The minimum atomic E-state index is -0.121. The van der Waals surface area contributed by atoms with Crippen LogP contribution in [0, 0.1) is 5.92 Å². The molecule has 0 aromatic heterocycles. The number of anilines is 1. The van der Waals surface area contributed by atoms with E-state index in [4.69, 9.17) is 25.8 Å². The van der Waals surface area contributed by atoms with Crippen molar-refractivity contribution in [3.8, 4) is 5.75 Å². The number of halogens is 1. The zero-order valence-electron chi connectivity index (χ0n) is 16.8. The minimum absolute atomic E-state index is 0.0720. The van der Waals surface area contributed by atoms with Crippen LogP contribution in [0.4, 0.5) is 5.69 Å². The average Bonchev–Trinajstić information content (AvgIpc) is 2.72. The molecule has 2 heterocycles. The molecule has 1 unspecified atom stereocenters. The summed E-state index contributed by atoms with van der Waals surface area (Å²) >= 11 is 6.10. The van der Waals surface area contributed by atoms with Gasteiger partial charge in [0.15, 0.2) is 0 Å². The van der Waals surface area contributed by atoms with E-state index in [-0.39, 0.29) is 17.7 Å². The third kappa shape index (κ3) is 5.56. The van der Waals surface area contributed by atoms with Gasteiger partial charge in [0, 0.05) is 25.2 Å². The van der Waals surface area contributed by atoms with Crippen LogP contribution in [0.3, 0.4) is 0 Å². The number of rotatable bonds is 6. The lowest BCUT2D eigenvalue weighted by molar-refractivity contribution is -0.134. The molecule has 2 amide bonds. The first-order valence-corrected chi connectivity index (χ1v) is 10.2. The van der Waals surface area contributed by atoms with Gasteiger partial charge in [0.25, 0.3) is 5.91 Å². The molecule has 0 bridgehead atoms. The van der Waals surface area contributed by atoms with Crippen LogP contribution < -0.4 is 10.1 Å². The predicted molar refractivity (Wildman–Crippen MR) is 110 cm³/mol. The number of methoxy groups -OCH3 is 1. The zero-order valence-corrected chi connectivity index (χ0v) is 17.6. The van der Waals surface area contributed by atoms with Crippen molar-refractivity contribution in [3.05, 3.63) is 34.7 Å². The molecule has 1 atom stereocenters. The molecule has 0 spiro atoms. The molecule has 2 aliphatic heterocycles. The fraction of sp³-hybridized carbons (Fsp3) is 0.524. The Morgan fingerprint density at radius 1 is 1.31 bits per heavy atom. The number of hydrogen-bond acceptors (Lipinski definition) is 5. The van der Waals surface area contributed by atoms with Crippen molar-refractivity contribution >= 4 is 29.1 Å². The molecule has 8 heteroatoms. The van der Waals surface area contributed by atoms with E-state index < -0.39 is 0 Å². The van der Waals surface area contributed by atoms with Gasteiger partial charge >= 0.3 is 0 Å². The maximum Gasteiger partial charge on any atom is 0.292 e. The van der Waals surface area contributed by atoms with Crippen molar-refractivity contribution < 1.29 is 23.8 Å². The van der Waals surface area contributed by atoms with Crippen LogP contribution in [-0.4, -0.2) is 50.1 Å². The molecule has 1 N–H and O–H groups in total. The fourth-order valence-electron chi connectivity index (χ4n) is 3.65. The van der Waals surface area contributed by atoms with Gasteiger partial charge in [-0.05, 0) is 50.3 Å². The third-order valence-electron chi connectivity index (χ3n) is 5.18. The topological polar surface area (TPSA) is 77.1 Å². The molecule has 29 heavy (non-hydrogen) atoms. The Labute approximate surface area is 175 Å².